The van der Waals surface area contributed by atoms with Crippen molar-refractivity contribution in [3.05, 3.63) is 77.1 Å². The summed E-state index contributed by atoms with van der Waals surface area (Å²) in [5, 5.41) is 10.4. The summed E-state index contributed by atoms with van der Waals surface area (Å²) in [4.78, 5) is 15.2. The second-order valence-corrected chi connectivity index (χ2v) is 7.37. The number of aliphatic hydroxyl groups is 1. The molecule has 0 aliphatic carbocycles. The predicted octanol–water partition coefficient (Wildman–Crippen LogP) is 4.67. The Morgan fingerprint density at radius 2 is 1.97 bits per heavy atom. The standard InChI is InChI=1S/C22H16ClFN4O/c23-18-8-21-15(7-19(18)24)3-4-28(21)22-17-6-14(1-2-20(17)26-12-27-22)16-5-13(11-29)9-25-10-16/h1-2,5-10,12,29H,3-4,11H2. The van der Waals surface area contributed by atoms with Gasteiger partial charge in [0.1, 0.15) is 18.0 Å². The lowest BCUT2D eigenvalue weighted by atomic mass is 10.0. The van der Waals surface area contributed by atoms with Gasteiger partial charge in [0, 0.05) is 35.6 Å². The molecule has 0 atom stereocenters. The van der Waals surface area contributed by atoms with E-state index in [1.807, 2.05) is 24.3 Å². The Morgan fingerprint density at radius 3 is 2.83 bits per heavy atom. The van der Waals surface area contributed by atoms with Gasteiger partial charge in [0.25, 0.3) is 0 Å². The molecule has 1 aliphatic rings. The summed E-state index contributed by atoms with van der Waals surface area (Å²) in [7, 11) is 0. The fourth-order valence-corrected chi connectivity index (χ4v) is 3.93. The van der Waals surface area contributed by atoms with Crippen LogP contribution in [0.15, 0.2) is 55.1 Å². The summed E-state index contributed by atoms with van der Waals surface area (Å²) in [6.07, 6.45) is 5.66. The third kappa shape index (κ3) is 3.10. The molecule has 5 rings (SSSR count). The molecule has 0 unspecified atom stereocenters. The lowest BCUT2D eigenvalue weighted by Crippen LogP contribution is -2.15. The number of nitrogens with zero attached hydrogens (tertiary/aromatic N) is 4. The molecule has 4 aromatic rings. The maximum atomic E-state index is 13.9. The van der Waals surface area contributed by atoms with Gasteiger partial charge in [0.15, 0.2) is 0 Å². The zero-order valence-corrected chi connectivity index (χ0v) is 16.1. The minimum Gasteiger partial charge on any atom is -0.392 e. The zero-order chi connectivity index (χ0) is 20.0. The molecule has 29 heavy (non-hydrogen) atoms. The van der Waals surface area contributed by atoms with E-state index in [9.17, 15) is 9.50 Å². The summed E-state index contributed by atoms with van der Waals surface area (Å²) in [5.74, 6) is 0.350. The highest BCUT2D eigenvalue weighted by atomic mass is 35.5. The Morgan fingerprint density at radius 1 is 1.07 bits per heavy atom. The first kappa shape index (κ1) is 18.0. The average Bonchev–Trinajstić information content (AvgIpc) is 3.15. The van der Waals surface area contributed by atoms with Crippen LogP contribution in [0.1, 0.15) is 11.1 Å². The molecule has 2 aromatic heterocycles. The first-order valence-electron chi connectivity index (χ1n) is 9.19. The summed E-state index contributed by atoms with van der Waals surface area (Å²) < 4.78 is 13.9. The number of pyridine rings is 1. The minimum atomic E-state index is -0.404. The number of aromatic nitrogens is 3. The summed E-state index contributed by atoms with van der Waals surface area (Å²) in [6, 6.07) is 11.0. The van der Waals surface area contributed by atoms with Crippen LogP contribution >= 0.6 is 11.6 Å². The Hall–Kier alpha value is -3.09. The molecule has 3 heterocycles. The highest BCUT2D eigenvalue weighted by molar-refractivity contribution is 6.31. The van der Waals surface area contributed by atoms with E-state index in [0.717, 1.165) is 51.1 Å². The first-order chi connectivity index (χ1) is 14.1. The number of halogens is 2. The smallest absolute Gasteiger partial charge is 0.144 e. The van der Waals surface area contributed by atoms with Gasteiger partial charge < -0.3 is 10.0 Å². The van der Waals surface area contributed by atoms with Gasteiger partial charge >= 0.3 is 0 Å². The van der Waals surface area contributed by atoms with E-state index in [4.69, 9.17) is 11.6 Å². The molecule has 2 aromatic carbocycles. The number of hydrogen-bond donors (Lipinski definition) is 1. The molecule has 1 aliphatic heterocycles. The van der Waals surface area contributed by atoms with Crippen molar-refractivity contribution in [2.75, 3.05) is 11.4 Å². The molecule has 1 N–H and O–H groups in total. The molecule has 144 valence electrons. The molecule has 5 nitrogen and oxygen atoms in total. The molecule has 0 bridgehead atoms. The van der Waals surface area contributed by atoms with Crippen molar-refractivity contribution in [2.45, 2.75) is 13.0 Å². The zero-order valence-electron chi connectivity index (χ0n) is 15.3. The molecule has 0 saturated carbocycles. The number of benzene rings is 2. The Bertz CT molecular complexity index is 1250. The third-order valence-corrected chi connectivity index (χ3v) is 5.49. The number of anilines is 2. The van der Waals surface area contributed by atoms with Crippen molar-refractivity contribution in [2.24, 2.45) is 0 Å². The van der Waals surface area contributed by atoms with Crippen LogP contribution in [0.4, 0.5) is 15.9 Å². The molecule has 0 amide bonds. The van der Waals surface area contributed by atoms with E-state index >= 15 is 0 Å². The molecule has 7 heteroatoms. The van der Waals surface area contributed by atoms with Crippen LogP contribution in [0, 0.1) is 5.82 Å². The van der Waals surface area contributed by atoms with Crippen LogP contribution in [0.2, 0.25) is 5.02 Å². The van der Waals surface area contributed by atoms with Crippen LogP contribution in [-0.4, -0.2) is 26.6 Å². The number of fused-ring (bicyclic) bond motifs is 2. The van der Waals surface area contributed by atoms with Crippen LogP contribution in [0.5, 0.6) is 0 Å². The summed E-state index contributed by atoms with van der Waals surface area (Å²) >= 11 is 6.04. The molecular formula is C22H16ClFN4O. The summed E-state index contributed by atoms with van der Waals surface area (Å²) in [5.41, 5.74) is 5.19. The minimum absolute atomic E-state index is 0.0648. The lowest BCUT2D eigenvalue weighted by Gasteiger charge is -2.20. The van der Waals surface area contributed by atoms with Crippen molar-refractivity contribution >= 4 is 34.0 Å². The second kappa shape index (κ2) is 7.06. The average molecular weight is 407 g/mol. The fourth-order valence-electron chi connectivity index (χ4n) is 3.77. The van der Waals surface area contributed by atoms with Gasteiger partial charge in [0.2, 0.25) is 0 Å². The molecule has 0 saturated heterocycles. The molecule has 0 fully saturated rings. The third-order valence-electron chi connectivity index (χ3n) is 5.20. The van der Waals surface area contributed by atoms with E-state index in [2.05, 4.69) is 19.9 Å². The van der Waals surface area contributed by atoms with E-state index in [1.54, 1.807) is 18.5 Å². The largest absolute Gasteiger partial charge is 0.392 e. The van der Waals surface area contributed by atoms with E-state index in [1.165, 1.54) is 12.4 Å². The first-order valence-corrected chi connectivity index (χ1v) is 9.57. The molecular weight excluding hydrogens is 391 g/mol. The number of hydrogen-bond acceptors (Lipinski definition) is 5. The van der Waals surface area contributed by atoms with Crippen molar-refractivity contribution < 1.29 is 9.50 Å². The lowest BCUT2D eigenvalue weighted by molar-refractivity contribution is 0.281. The Labute approximate surface area is 171 Å². The molecule has 0 radical (unpaired) electrons. The van der Waals surface area contributed by atoms with Gasteiger partial charge in [-0.05, 0) is 53.4 Å². The van der Waals surface area contributed by atoms with Crippen molar-refractivity contribution in [1.29, 1.82) is 0 Å². The van der Waals surface area contributed by atoms with Gasteiger partial charge in [-0.15, -0.1) is 0 Å². The van der Waals surface area contributed by atoms with Crippen LogP contribution < -0.4 is 4.90 Å². The van der Waals surface area contributed by atoms with E-state index in [0.29, 0.717) is 6.54 Å². The van der Waals surface area contributed by atoms with Crippen LogP contribution in [0.25, 0.3) is 22.0 Å². The van der Waals surface area contributed by atoms with Gasteiger partial charge in [-0.25, -0.2) is 14.4 Å². The SMILES string of the molecule is OCc1cncc(-c2ccc3ncnc(N4CCc5cc(F)c(Cl)cc54)c3c2)c1. The van der Waals surface area contributed by atoms with E-state index < -0.39 is 5.82 Å². The topological polar surface area (TPSA) is 62.1 Å². The Balaban J connectivity index is 1.65. The summed E-state index contributed by atoms with van der Waals surface area (Å²) in [6.45, 7) is 0.623. The maximum absolute atomic E-state index is 13.9. The molecule has 0 spiro atoms. The predicted molar refractivity (Wildman–Crippen MR) is 111 cm³/mol. The van der Waals surface area contributed by atoms with Gasteiger partial charge in [0.05, 0.1) is 17.1 Å². The Kier molecular flexibility index (Phi) is 4.38. The van der Waals surface area contributed by atoms with Gasteiger partial charge in [-0.3, -0.25) is 4.98 Å². The van der Waals surface area contributed by atoms with Gasteiger partial charge in [-0.2, -0.15) is 0 Å². The number of aliphatic hydroxyl groups excluding tert-OH is 1. The second-order valence-electron chi connectivity index (χ2n) is 6.97. The fraction of sp³-hybridized carbons (Fsp3) is 0.136. The highest BCUT2D eigenvalue weighted by Gasteiger charge is 2.25. The monoisotopic (exact) mass is 406 g/mol. The van der Waals surface area contributed by atoms with Gasteiger partial charge in [-0.1, -0.05) is 17.7 Å². The van der Waals surface area contributed by atoms with E-state index in [-0.39, 0.29) is 11.6 Å². The van der Waals surface area contributed by atoms with Crippen molar-refractivity contribution in [3.8, 4) is 11.1 Å². The highest BCUT2D eigenvalue weighted by Crippen LogP contribution is 2.39. The maximum Gasteiger partial charge on any atom is 0.144 e. The van der Waals surface area contributed by atoms with Crippen LogP contribution in [0.3, 0.4) is 0 Å². The number of rotatable bonds is 3. The quantitative estimate of drug-likeness (QED) is 0.535. The van der Waals surface area contributed by atoms with Crippen molar-refractivity contribution in [3.63, 3.8) is 0 Å². The van der Waals surface area contributed by atoms with Crippen LogP contribution in [-0.2, 0) is 13.0 Å². The van der Waals surface area contributed by atoms with Crippen molar-refractivity contribution in [1.82, 2.24) is 15.0 Å². The normalized spacial score (nSPS) is 13.1.